The molecule has 0 radical (unpaired) electrons. The van der Waals surface area contributed by atoms with Gasteiger partial charge in [-0.25, -0.2) is 9.97 Å². The van der Waals surface area contributed by atoms with Crippen LogP contribution in [0.3, 0.4) is 0 Å². The summed E-state index contributed by atoms with van der Waals surface area (Å²) in [5.74, 6) is 0.713. The molecule has 0 saturated carbocycles. The minimum Gasteiger partial charge on any atom is -0.228 e. The Morgan fingerprint density at radius 1 is 0.270 bits per heavy atom. The van der Waals surface area contributed by atoms with E-state index in [1.165, 1.54) is 66.4 Å². The zero-order valence-electron chi connectivity index (χ0n) is 34.5. The van der Waals surface area contributed by atoms with E-state index in [0.29, 0.717) is 5.82 Å². The van der Waals surface area contributed by atoms with Crippen LogP contribution in [0.4, 0.5) is 0 Å². The van der Waals surface area contributed by atoms with E-state index >= 15 is 0 Å². The Balaban J connectivity index is 0.999. The van der Waals surface area contributed by atoms with E-state index in [2.05, 4.69) is 237 Å². The van der Waals surface area contributed by atoms with Gasteiger partial charge in [-0.2, -0.15) is 0 Å². The molecule has 294 valence electrons. The Labute approximate surface area is 367 Å². The fourth-order valence-corrected chi connectivity index (χ4v) is 10.1. The first-order valence-electron chi connectivity index (χ1n) is 21.6. The highest BCUT2D eigenvalue weighted by atomic mass is 14.9. The molecule has 0 fully saturated rings. The topological polar surface area (TPSA) is 25.8 Å². The molecule has 0 saturated heterocycles. The molecular weight excluding hydrogens is 761 g/mol. The highest BCUT2D eigenvalue weighted by Gasteiger charge is 2.46. The summed E-state index contributed by atoms with van der Waals surface area (Å²) in [7, 11) is 0. The number of benzene rings is 10. The summed E-state index contributed by atoms with van der Waals surface area (Å²) in [5.41, 5.74) is 16.9. The van der Waals surface area contributed by atoms with Gasteiger partial charge in [-0.15, -0.1) is 0 Å². The van der Waals surface area contributed by atoms with Crippen molar-refractivity contribution in [3.05, 3.63) is 265 Å². The van der Waals surface area contributed by atoms with Crippen LogP contribution in [0.25, 0.3) is 88.8 Å². The van der Waals surface area contributed by atoms with E-state index in [9.17, 15) is 0 Å². The quantitative estimate of drug-likeness (QED) is 0.160. The van der Waals surface area contributed by atoms with Gasteiger partial charge in [0.2, 0.25) is 0 Å². The van der Waals surface area contributed by atoms with Crippen LogP contribution in [-0.2, 0) is 5.41 Å². The Morgan fingerprint density at radius 3 is 1.56 bits per heavy atom. The lowest BCUT2D eigenvalue weighted by Crippen LogP contribution is -2.28. The van der Waals surface area contributed by atoms with Crippen molar-refractivity contribution in [1.82, 2.24) is 9.97 Å². The minimum absolute atomic E-state index is 0.455. The zero-order chi connectivity index (χ0) is 41.7. The summed E-state index contributed by atoms with van der Waals surface area (Å²) >= 11 is 0. The molecule has 0 aliphatic heterocycles. The van der Waals surface area contributed by atoms with Crippen molar-refractivity contribution >= 4 is 21.5 Å². The molecule has 1 aliphatic carbocycles. The summed E-state index contributed by atoms with van der Waals surface area (Å²) < 4.78 is 0. The number of fused-ring (bicyclic) bond motifs is 5. The second-order valence-corrected chi connectivity index (χ2v) is 16.4. The summed E-state index contributed by atoms with van der Waals surface area (Å²) in [6, 6.07) is 87.8. The molecule has 0 amide bonds. The highest BCUT2D eigenvalue weighted by molar-refractivity contribution is 6.05. The number of rotatable bonds is 7. The third kappa shape index (κ3) is 6.02. The van der Waals surface area contributed by atoms with E-state index in [-0.39, 0.29) is 0 Å². The summed E-state index contributed by atoms with van der Waals surface area (Å²) in [5, 5.41) is 4.62. The Hall–Kier alpha value is -8.20. The minimum atomic E-state index is -0.455. The van der Waals surface area contributed by atoms with Gasteiger partial charge in [-0.3, -0.25) is 0 Å². The van der Waals surface area contributed by atoms with Gasteiger partial charge in [-0.1, -0.05) is 224 Å². The van der Waals surface area contributed by atoms with E-state index in [0.717, 1.165) is 38.9 Å². The number of hydrogen-bond acceptors (Lipinski definition) is 2. The second kappa shape index (κ2) is 15.1. The average molecular weight is 801 g/mol. The van der Waals surface area contributed by atoms with Crippen LogP contribution in [-0.4, -0.2) is 9.97 Å². The van der Waals surface area contributed by atoms with Gasteiger partial charge in [0.15, 0.2) is 5.82 Å². The van der Waals surface area contributed by atoms with Gasteiger partial charge in [0.1, 0.15) is 0 Å². The molecule has 0 spiro atoms. The normalized spacial score (nSPS) is 12.6. The largest absolute Gasteiger partial charge is 0.228 e. The standard InChI is InChI=1S/C61H40N2/c1-4-19-42(20-5-1)58-40-59(63-60(62-58)55-32-17-21-41-18-10-11-28-48(41)55)54-37-36-49(50-29-12-13-30-51(50)54)45-23-16-22-43(38-45)44-34-35-53-52-31-14-15-33-56(52)61(57(53)39-44,46-24-6-2-7-25-46)47-26-8-3-9-27-47/h1-40H. The van der Waals surface area contributed by atoms with Crippen LogP contribution in [0.5, 0.6) is 0 Å². The lowest BCUT2D eigenvalue weighted by molar-refractivity contribution is 0.769. The van der Waals surface area contributed by atoms with Crippen LogP contribution in [0, 0.1) is 0 Å². The summed E-state index contributed by atoms with van der Waals surface area (Å²) in [6.07, 6.45) is 0. The molecule has 11 aromatic rings. The van der Waals surface area contributed by atoms with E-state index in [1.807, 2.05) is 6.07 Å². The van der Waals surface area contributed by atoms with Crippen molar-refractivity contribution in [2.45, 2.75) is 5.41 Å². The fourth-order valence-electron chi connectivity index (χ4n) is 10.1. The molecule has 0 N–H and O–H groups in total. The van der Waals surface area contributed by atoms with E-state index in [4.69, 9.17) is 9.97 Å². The van der Waals surface area contributed by atoms with Gasteiger partial charge in [0, 0.05) is 16.7 Å². The fraction of sp³-hybridized carbons (Fsp3) is 0.0164. The van der Waals surface area contributed by atoms with Gasteiger partial charge >= 0.3 is 0 Å². The number of nitrogens with zero attached hydrogens (tertiary/aromatic N) is 2. The van der Waals surface area contributed by atoms with E-state index in [1.54, 1.807) is 0 Å². The van der Waals surface area contributed by atoms with Gasteiger partial charge in [0.25, 0.3) is 0 Å². The maximum Gasteiger partial charge on any atom is 0.161 e. The third-order valence-corrected chi connectivity index (χ3v) is 13.0. The van der Waals surface area contributed by atoms with Crippen molar-refractivity contribution in [1.29, 1.82) is 0 Å². The lowest BCUT2D eigenvalue weighted by Gasteiger charge is -2.34. The van der Waals surface area contributed by atoms with Crippen molar-refractivity contribution < 1.29 is 0 Å². The lowest BCUT2D eigenvalue weighted by atomic mass is 9.67. The monoisotopic (exact) mass is 800 g/mol. The second-order valence-electron chi connectivity index (χ2n) is 16.4. The molecular formula is C61H40N2. The van der Waals surface area contributed by atoms with E-state index < -0.39 is 5.41 Å². The average Bonchev–Trinajstić information content (AvgIpc) is 3.67. The Kier molecular flexibility index (Phi) is 8.76. The first-order chi connectivity index (χ1) is 31.2. The molecule has 0 bridgehead atoms. The van der Waals surface area contributed by atoms with Crippen molar-refractivity contribution in [3.63, 3.8) is 0 Å². The van der Waals surface area contributed by atoms with Gasteiger partial charge in [0.05, 0.1) is 16.8 Å². The Morgan fingerprint density at radius 2 is 0.778 bits per heavy atom. The zero-order valence-corrected chi connectivity index (χ0v) is 34.5. The SMILES string of the molecule is c1ccc(-c2cc(-c3ccc(-c4cccc(-c5ccc6c(c5)C(c5ccccc5)(c5ccccc5)c5ccccc5-6)c4)c4ccccc34)nc(-c3cccc4ccccc34)n2)cc1. The van der Waals surface area contributed by atoms with Gasteiger partial charge in [-0.05, 0) is 95.4 Å². The summed E-state index contributed by atoms with van der Waals surface area (Å²) in [4.78, 5) is 10.5. The maximum absolute atomic E-state index is 5.34. The predicted molar refractivity (Wildman–Crippen MR) is 262 cm³/mol. The smallest absolute Gasteiger partial charge is 0.161 e. The van der Waals surface area contributed by atoms with Crippen LogP contribution < -0.4 is 0 Å². The first-order valence-corrected chi connectivity index (χ1v) is 21.6. The van der Waals surface area contributed by atoms with Gasteiger partial charge < -0.3 is 0 Å². The van der Waals surface area contributed by atoms with Crippen molar-refractivity contribution in [3.8, 4) is 67.3 Å². The molecule has 12 rings (SSSR count). The molecule has 10 aromatic carbocycles. The Bertz CT molecular complexity index is 3460. The highest BCUT2D eigenvalue weighted by Crippen LogP contribution is 2.56. The van der Waals surface area contributed by atoms with Crippen LogP contribution in [0.2, 0.25) is 0 Å². The first kappa shape index (κ1) is 36.6. The van der Waals surface area contributed by atoms with Crippen LogP contribution >= 0.6 is 0 Å². The van der Waals surface area contributed by atoms with Crippen LogP contribution in [0.15, 0.2) is 243 Å². The maximum atomic E-state index is 5.34. The predicted octanol–water partition coefficient (Wildman–Crippen LogP) is 15.5. The summed E-state index contributed by atoms with van der Waals surface area (Å²) in [6.45, 7) is 0. The third-order valence-electron chi connectivity index (χ3n) is 13.0. The van der Waals surface area contributed by atoms with Crippen LogP contribution in [0.1, 0.15) is 22.3 Å². The molecule has 2 heteroatoms. The number of aromatic nitrogens is 2. The molecule has 2 nitrogen and oxygen atoms in total. The number of hydrogen-bond donors (Lipinski definition) is 0. The molecule has 1 aliphatic rings. The van der Waals surface area contributed by atoms with Crippen molar-refractivity contribution in [2.24, 2.45) is 0 Å². The molecule has 63 heavy (non-hydrogen) atoms. The molecule has 0 atom stereocenters. The van der Waals surface area contributed by atoms with Crippen molar-refractivity contribution in [2.75, 3.05) is 0 Å². The molecule has 1 heterocycles. The molecule has 0 unspecified atom stereocenters. The molecule has 1 aromatic heterocycles.